The molecule has 2 fully saturated rings. The maximum absolute atomic E-state index is 13.7. The predicted octanol–water partition coefficient (Wildman–Crippen LogP) is 2.03. The van der Waals surface area contributed by atoms with Crippen LogP contribution in [-0.4, -0.2) is 43.7 Å². The Labute approximate surface area is 163 Å². The van der Waals surface area contributed by atoms with Crippen molar-refractivity contribution in [1.82, 2.24) is 15.8 Å². The molecule has 2 aliphatic heterocycles. The van der Waals surface area contributed by atoms with E-state index in [1.165, 1.54) is 6.07 Å². The number of benzene rings is 2. The maximum atomic E-state index is 13.7. The van der Waals surface area contributed by atoms with Gasteiger partial charge in [-0.1, -0.05) is 30.3 Å². The van der Waals surface area contributed by atoms with Gasteiger partial charge in [0.2, 0.25) is 5.91 Å². The second-order valence-electron chi connectivity index (χ2n) is 7.15. The van der Waals surface area contributed by atoms with E-state index in [9.17, 15) is 9.18 Å². The molecule has 2 aliphatic rings. The van der Waals surface area contributed by atoms with Crippen molar-refractivity contribution in [2.45, 2.75) is 18.8 Å². The molecule has 2 N–H and O–H groups in total. The fourth-order valence-corrected chi connectivity index (χ4v) is 3.66. The van der Waals surface area contributed by atoms with Crippen LogP contribution in [0.1, 0.15) is 17.2 Å². The summed E-state index contributed by atoms with van der Waals surface area (Å²) in [6.07, 6.45) is -0.0545. The Morgan fingerprint density at radius 2 is 2.04 bits per heavy atom. The lowest BCUT2D eigenvalue weighted by Gasteiger charge is -2.40. The molecule has 2 heterocycles. The molecule has 0 saturated carbocycles. The first kappa shape index (κ1) is 18.9. The van der Waals surface area contributed by atoms with Gasteiger partial charge in [-0.3, -0.25) is 10.2 Å². The van der Waals surface area contributed by atoms with Crippen LogP contribution in [0.2, 0.25) is 0 Å². The summed E-state index contributed by atoms with van der Waals surface area (Å²) in [6.45, 7) is 1.86. The smallest absolute Gasteiger partial charge is 0.229 e. The molecule has 0 spiro atoms. The van der Waals surface area contributed by atoms with Gasteiger partial charge in [0.25, 0.3) is 0 Å². The van der Waals surface area contributed by atoms with Crippen LogP contribution in [-0.2, 0) is 16.1 Å². The van der Waals surface area contributed by atoms with E-state index in [0.717, 1.165) is 11.3 Å². The highest BCUT2D eigenvalue weighted by Gasteiger charge is 2.41. The van der Waals surface area contributed by atoms with Gasteiger partial charge in [-0.05, 0) is 23.8 Å². The summed E-state index contributed by atoms with van der Waals surface area (Å²) in [6, 6.07) is 14.2. The van der Waals surface area contributed by atoms with Crippen molar-refractivity contribution in [3.05, 3.63) is 65.5 Å². The van der Waals surface area contributed by atoms with E-state index in [-0.39, 0.29) is 36.4 Å². The van der Waals surface area contributed by atoms with Gasteiger partial charge in [-0.25, -0.2) is 9.82 Å². The summed E-state index contributed by atoms with van der Waals surface area (Å²) in [7, 11) is 1.63. The van der Waals surface area contributed by atoms with E-state index in [1.807, 2.05) is 24.3 Å². The number of nitrogens with one attached hydrogen (secondary N) is 2. The van der Waals surface area contributed by atoms with Crippen molar-refractivity contribution in [3.63, 3.8) is 0 Å². The topological polar surface area (TPSA) is 62.8 Å². The number of halogens is 1. The van der Waals surface area contributed by atoms with Gasteiger partial charge in [0, 0.05) is 25.2 Å². The zero-order valence-corrected chi connectivity index (χ0v) is 15.7. The van der Waals surface area contributed by atoms with E-state index >= 15 is 0 Å². The standard InChI is InChI=1S/C21H24FN3O3/c1-27-16-7-4-6-14(9-16)20-18(10-23-24-20)21(26)25-11-17(12-25)28-13-15-5-2-3-8-19(15)22/h2-9,17-18,20,23-24H,10-13H2,1H3. The molecule has 0 aliphatic carbocycles. The largest absolute Gasteiger partial charge is 0.497 e. The fourth-order valence-electron chi connectivity index (χ4n) is 3.66. The number of methoxy groups -OCH3 is 1. The van der Waals surface area contributed by atoms with Crippen molar-refractivity contribution in [3.8, 4) is 5.75 Å². The summed E-state index contributed by atoms with van der Waals surface area (Å²) in [5, 5.41) is 0. The number of rotatable bonds is 6. The third-order valence-corrected chi connectivity index (χ3v) is 5.34. The summed E-state index contributed by atoms with van der Waals surface area (Å²) in [5.41, 5.74) is 7.84. The van der Waals surface area contributed by atoms with Crippen LogP contribution in [0.4, 0.5) is 4.39 Å². The number of hydrogen-bond acceptors (Lipinski definition) is 5. The van der Waals surface area contributed by atoms with Crippen LogP contribution in [0, 0.1) is 11.7 Å². The van der Waals surface area contributed by atoms with Crippen LogP contribution in [0.5, 0.6) is 5.75 Å². The van der Waals surface area contributed by atoms with Crippen molar-refractivity contribution in [1.29, 1.82) is 0 Å². The highest BCUT2D eigenvalue weighted by atomic mass is 19.1. The zero-order chi connectivity index (χ0) is 19.5. The molecule has 2 unspecified atom stereocenters. The van der Waals surface area contributed by atoms with Crippen molar-refractivity contribution >= 4 is 5.91 Å². The number of ether oxygens (including phenoxy) is 2. The zero-order valence-electron chi connectivity index (χ0n) is 15.7. The monoisotopic (exact) mass is 385 g/mol. The van der Waals surface area contributed by atoms with E-state index in [2.05, 4.69) is 10.9 Å². The summed E-state index contributed by atoms with van der Waals surface area (Å²) in [5.74, 6) is 0.401. The molecule has 0 radical (unpaired) electrons. The molecule has 6 nitrogen and oxygen atoms in total. The Morgan fingerprint density at radius 3 is 2.82 bits per heavy atom. The molecule has 7 heteroatoms. The molecule has 148 valence electrons. The third-order valence-electron chi connectivity index (χ3n) is 5.34. The minimum Gasteiger partial charge on any atom is -0.497 e. The molecule has 4 rings (SSSR count). The van der Waals surface area contributed by atoms with Gasteiger partial charge in [-0.15, -0.1) is 0 Å². The normalized spacial score (nSPS) is 22.1. The number of carbonyl (C=O) groups is 1. The molecule has 0 bridgehead atoms. The lowest BCUT2D eigenvalue weighted by Crippen LogP contribution is -2.57. The summed E-state index contributed by atoms with van der Waals surface area (Å²) < 4.78 is 24.7. The summed E-state index contributed by atoms with van der Waals surface area (Å²) >= 11 is 0. The average molecular weight is 385 g/mol. The van der Waals surface area contributed by atoms with E-state index in [1.54, 1.807) is 30.2 Å². The second kappa shape index (κ2) is 8.26. The van der Waals surface area contributed by atoms with Gasteiger partial charge in [0.1, 0.15) is 11.6 Å². The van der Waals surface area contributed by atoms with E-state index in [4.69, 9.17) is 9.47 Å². The Hall–Kier alpha value is -2.48. The van der Waals surface area contributed by atoms with Crippen molar-refractivity contribution in [2.75, 3.05) is 26.7 Å². The Bertz CT molecular complexity index is 841. The van der Waals surface area contributed by atoms with Gasteiger partial charge < -0.3 is 14.4 Å². The molecule has 2 aromatic carbocycles. The van der Waals surface area contributed by atoms with Crippen LogP contribution in [0.25, 0.3) is 0 Å². The lowest BCUT2D eigenvalue weighted by molar-refractivity contribution is -0.150. The first-order chi connectivity index (χ1) is 13.7. The molecule has 2 atom stereocenters. The Morgan fingerprint density at radius 1 is 1.21 bits per heavy atom. The van der Waals surface area contributed by atoms with Gasteiger partial charge in [0.05, 0.1) is 31.8 Å². The highest BCUT2D eigenvalue weighted by molar-refractivity contribution is 5.81. The van der Waals surface area contributed by atoms with Crippen LogP contribution in [0.3, 0.4) is 0 Å². The SMILES string of the molecule is COc1cccc(C2NNCC2C(=O)N2CC(OCc3ccccc3F)C2)c1. The minimum atomic E-state index is -0.265. The van der Waals surface area contributed by atoms with Gasteiger partial charge in [-0.2, -0.15) is 0 Å². The van der Waals surface area contributed by atoms with E-state index in [0.29, 0.717) is 25.2 Å². The number of amides is 1. The number of likely N-dealkylation sites (tertiary alicyclic amines) is 1. The molecule has 0 aromatic heterocycles. The quantitative estimate of drug-likeness (QED) is 0.797. The van der Waals surface area contributed by atoms with Gasteiger partial charge in [0.15, 0.2) is 0 Å². The van der Waals surface area contributed by atoms with Crippen LogP contribution in [0.15, 0.2) is 48.5 Å². The average Bonchev–Trinajstić information content (AvgIpc) is 3.18. The third kappa shape index (κ3) is 3.87. The lowest BCUT2D eigenvalue weighted by atomic mass is 9.92. The fraction of sp³-hybridized carbons (Fsp3) is 0.381. The predicted molar refractivity (Wildman–Crippen MR) is 102 cm³/mol. The summed E-state index contributed by atoms with van der Waals surface area (Å²) in [4.78, 5) is 14.7. The van der Waals surface area contributed by atoms with Crippen LogP contribution >= 0.6 is 0 Å². The maximum Gasteiger partial charge on any atom is 0.229 e. The van der Waals surface area contributed by atoms with Crippen molar-refractivity contribution < 1.29 is 18.7 Å². The number of carbonyl (C=O) groups excluding carboxylic acids is 1. The number of hydrogen-bond donors (Lipinski definition) is 2. The molecule has 28 heavy (non-hydrogen) atoms. The first-order valence-corrected chi connectivity index (χ1v) is 9.42. The van der Waals surface area contributed by atoms with Gasteiger partial charge >= 0.3 is 0 Å². The van der Waals surface area contributed by atoms with Crippen molar-refractivity contribution in [2.24, 2.45) is 5.92 Å². The minimum absolute atomic E-state index is 0.0545. The second-order valence-corrected chi connectivity index (χ2v) is 7.15. The molecule has 2 aromatic rings. The first-order valence-electron chi connectivity index (χ1n) is 9.42. The molecule has 2 saturated heterocycles. The Balaban J connectivity index is 1.32. The number of hydrazine groups is 1. The van der Waals surface area contributed by atoms with Crippen LogP contribution < -0.4 is 15.6 Å². The highest BCUT2D eigenvalue weighted by Crippen LogP contribution is 2.30. The number of nitrogens with zero attached hydrogens (tertiary/aromatic N) is 1. The Kier molecular flexibility index (Phi) is 5.57. The molecular formula is C21H24FN3O3. The van der Waals surface area contributed by atoms with E-state index < -0.39 is 0 Å². The molecule has 1 amide bonds. The molecular weight excluding hydrogens is 361 g/mol.